The second-order valence-corrected chi connectivity index (χ2v) is 8.20. The summed E-state index contributed by atoms with van der Waals surface area (Å²) in [6.07, 6.45) is 0.938. The number of benzene rings is 1. The lowest BCUT2D eigenvalue weighted by atomic mass is 10.1. The third kappa shape index (κ3) is 3.73. The Labute approximate surface area is 138 Å². The molecule has 6 nitrogen and oxygen atoms in total. The fourth-order valence-corrected chi connectivity index (χ4v) is 3.92. The van der Waals surface area contributed by atoms with Crippen LogP contribution in [0.5, 0.6) is 0 Å². The molecule has 7 heteroatoms. The SMILES string of the molecule is CC(C)N(C)S(=O)(=O)c1ccc(C(=O)N(C)C2CCNC2)cc1. The summed E-state index contributed by atoms with van der Waals surface area (Å²) in [5.41, 5.74) is 0.505. The molecule has 0 saturated carbocycles. The van der Waals surface area contributed by atoms with Crippen molar-refractivity contribution in [3.8, 4) is 0 Å². The maximum atomic E-state index is 12.5. The maximum absolute atomic E-state index is 12.5. The Hall–Kier alpha value is -1.44. The molecule has 1 aromatic carbocycles. The van der Waals surface area contributed by atoms with Gasteiger partial charge in [0.1, 0.15) is 0 Å². The summed E-state index contributed by atoms with van der Waals surface area (Å²) in [6, 6.07) is 6.25. The maximum Gasteiger partial charge on any atom is 0.253 e. The lowest BCUT2D eigenvalue weighted by Crippen LogP contribution is -2.38. The van der Waals surface area contributed by atoms with Crippen LogP contribution < -0.4 is 5.32 Å². The highest BCUT2D eigenvalue weighted by Crippen LogP contribution is 2.18. The van der Waals surface area contributed by atoms with Crippen LogP contribution >= 0.6 is 0 Å². The first-order valence-corrected chi connectivity index (χ1v) is 9.25. The number of rotatable bonds is 5. The number of nitrogens with one attached hydrogen (secondary N) is 1. The van der Waals surface area contributed by atoms with Crippen molar-refractivity contribution < 1.29 is 13.2 Å². The molecule has 1 unspecified atom stereocenters. The largest absolute Gasteiger partial charge is 0.337 e. The molecule has 1 atom stereocenters. The highest BCUT2D eigenvalue weighted by molar-refractivity contribution is 7.89. The predicted octanol–water partition coefficient (Wildman–Crippen LogP) is 1.15. The van der Waals surface area contributed by atoms with E-state index in [1.807, 2.05) is 13.8 Å². The van der Waals surface area contributed by atoms with Gasteiger partial charge in [-0.15, -0.1) is 0 Å². The minimum absolute atomic E-state index is 0.0835. The molecule has 0 radical (unpaired) electrons. The molecule has 0 aromatic heterocycles. The quantitative estimate of drug-likeness (QED) is 0.874. The van der Waals surface area contributed by atoms with Gasteiger partial charge < -0.3 is 10.2 Å². The van der Waals surface area contributed by atoms with Crippen molar-refractivity contribution in [2.45, 2.75) is 37.2 Å². The summed E-state index contributed by atoms with van der Waals surface area (Å²) in [5, 5.41) is 3.23. The first-order valence-electron chi connectivity index (χ1n) is 7.81. The van der Waals surface area contributed by atoms with Crippen LogP contribution in [0.25, 0.3) is 0 Å². The second-order valence-electron chi connectivity index (χ2n) is 6.20. The fraction of sp³-hybridized carbons (Fsp3) is 0.562. The zero-order valence-corrected chi connectivity index (χ0v) is 14.9. The Kier molecular flexibility index (Phi) is 5.44. The number of nitrogens with zero attached hydrogens (tertiary/aromatic N) is 2. The van der Waals surface area contributed by atoms with Gasteiger partial charge in [-0.05, 0) is 51.1 Å². The van der Waals surface area contributed by atoms with Crippen molar-refractivity contribution in [2.75, 3.05) is 27.2 Å². The Balaban J connectivity index is 2.17. The summed E-state index contributed by atoms with van der Waals surface area (Å²) in [4.78, 5) is 14.4. The van der Waals surface area contributed by atoms with E-state index in [1.54, 1.807) is 31.1 Å². The molecule has 1 saturated heterocycles. The Bertz CT molecular complexity index is 650. The molecule has 128 valence electrons. The molecule has 1 fully saturated rings. The van der Waals surface area contributed by atoms with Crippen molar-refractivity contribution in [1.29, 1.82) is 0 Å². The van der Waals surface area contributed by atoms with Crippen LogP contribution in [0, 0.1) is 0 Å². The molecule has 1 heterocycles. The molecule has 0 aliphatic carbocycles. The number of carbonyl (C=O) groups is 1. The van der Waals surface area contributed by atoms with E-state index in [1.165, 1.54) is 16.4 Å². The molecular weight excluding hydrogens is 314 g/mol. The van der Waals surface area contributed by atoms with Crippen molar-refractivity contribution in [1.82, 2.24) is 14.5 Å². The van der Waals surface area contributed by atoms with Gasteiger partial charge in [-0.2, -0.15) is 4.31 Å². The van der Waals surface area contributed by atoms with Crippen LogP contribution in [0.1, 0.15) is 30.6 Å². The molecule has 2 rings (SSSR count). The highest BCUT2D eigenvalue weighted by Gasteiger charge is 2.26. The van der Waals surface area contributed by atoms with E-state index in [4.69, 9.17) is 0 Å². The number of carbonyl (C=O) groups excluding carboxylic acids is 1. The summed E-state index contributed by atoms with van der Waals surface area (Å²) < 4.78 is 26.2. The van der Waals surface area contributed by atoms with Crippen LogP contribution in [0.15, 0.2) is 29.2 Å². The predicted molar refractivity (Wildman–Crippen MR) is 89.9 cm³/mol. The summed E-state index contributed by atoms with van der Waals surface area (Å²) in [6.45, 7) is 5.36. The van der Waals surface area contributed by atoms with E-state index in [0.29, 0.717) is 5.56 Å². The Morgan fingerprint density at radius 3 is 2.30 bits per heavy atom. The van der Waals surface area contributed by atoms with E-state index < -0.39 is 10.0 Å². The first-order chi connectivity index (χ1) is 10.7. The van der Waals surface area contributed by atoms with Gasteiger partial charge in [0.2, 0.25) is 10.0 Å². The molecule has 0 spiro atoms. The number of hydrogen-bond donors (Lipinski definition) is 1. The van der Waals surface area contributed by atoms with Gasteiger partial charge in [0, 0.05) is 38.3 Å². The lowest BCUT2D eigenvalue weighted by Gasteiger charge is -2.24. The van der Waals surface area contributed by atoms with Gasteiger partial charge in [-0.3, -0.25) is 4.79 Å². The van der Waals surface area contributed by atoms with Gasteiger partial charge in [-0.1, -0.05) is 0 Å². The van der Waals surface area contributed by atoms with Crippen molar-refractivity contribution in [2.24, 2.45) is 0 Å². The second kappa shape index (κ2) is 6.98. The monoisotopic (exact) mass is 339 g/mol. The third-order valence-electron chi connectivity index (χ3n) is 4.41. The van der Waals surface area contributed by atoms with Gasteiger partial charge >= 0.3 is 0 Å². The Morgan fingerprint density at radius 2 is 1.83 bits per heavy atom. The van der Waals surface area contributed by atoms with Crippen molar-refractivity contribution >= 4 is 15.9 Å². The number of hydrogen-bond acceptors (Lipinski definition) is 4. The average molecular weight is 339 g/mol. The first kappa shape index (κ1) is 17.9. The zero-order valence-electron chi connectivity index (χ0n) is 14.1. The normalized spacial score (nSPS) is 18.6. The molecule has 0 bridgehead atoms. The van der Waals surface area contributed by atoms with Crippen molar-refractivity contribution in [3.63, 3.8) is 0 Å². The topological polar surface area (TPSA) is 69.7 Å². The molecule has 1 aliphatic rings. The van der Waals surface area contributed by atoms with Crippen LogP contribution in [0.3, 0.4) is 0 Å². The van der Waals surface area contributed by atoms with Gasteiger partial charge in [0.05, 0.1) is 4.90 Å². The Morgan fingerprint density at radius 1 is 1.22 bits per heavy atom. The zero-order chi connectivity index (χ0) is 17.2. The number of sulfonamides is 1. The third-order valence-corrected chi connectivity index (χ3v) is 6.46. The van der Waals surface area contributed by atoms with Crippen LogP contribution in [-0.4, -0.2) is 62.8 Å². The smallest absolute Gasteiger partial charge is 0.253 e. The molecule has 1 aromatic rings. The number of amides is 1. The standard InChI is InChI=1S/C16H25N3O3S/c1-12(2)19(4)23(21,22)15-7-5-13(6-8-15)16(20)18(3)14-9-10-17-11-14/h5-8,12,14,17H,9-11H2,1-4H3. The molecule has 1 amide bonds. The molecule has 1 aliphatic heterocycles. The van der Waals surface area contributed by atoms with E-state index in [2.05, 4.69) is 5.32 Å². The van der Waals surface area contributed by atoms with Crippen LogP contribution in [0.2, 0.25) is 0 Å². The van der Waals surface area contributed by atoms with E-state index >= 15 is 0 Å². The van der Waals surface area contributed by atoms with Gasteiger partial charge in [0.15, 0.2) is 0 Å². The minimum Gasteiger partial charge on any atom is -0.337 e. The summed E-state index contributed by atoms with van der Waals surface area (Å²) in [5.74, 6) is -0.0835. The summed E-state index contributed by atoms with van der Waals surface area (Å²) >= 11 is 0. The van der Waals surface area contributed by atoms with E-state index in [9.17, 15) is 13.2 Å². The van der Waals surface area contributed by atoms with Crippen LogP contribution in [0.4, 0.5) is 0 Å². The van der Waals surface area contributed by atoms with Crippen LogP contribution in [-0.2, 0) is 10.0 Å². The summed E-state index contributed by atoms with van der Waals surface area (Å²) in [7, 11) is -0.174. The molecule has 1 N–H and O–H groups in total. The fourth-order valence-electron chi connectivity index (χ4n) is 2.55. The minimum atomic E-state index is -3.52. The van der Waals surface area contributed by atoms with E-state index in [0.717, 1.165) is 19.5 Å². The van der Waals surface area contributed by atoms with Gasteiger partial charge in [-0.25, -0.2) is 8.42 Å². The van der Waals surface area contributed by atoms with E-state index in [-0.39, 0.29) is 22.9 Å². The molecule has 23 heavy (non-hydrogen) atoms. The highest BCUT2D eigenvalue weighted by atomic mass is 32.2. The number of likely N-dealkylation sites (N-methyl/N-ethyl adjacent to an activating group) is 1. The molecular formula is C16H25N3O3S. The average Bonchev–Trinajstić information content (AvgIpc) is 3.07. The van der Waals surface area contributed by atoms with Crippen molar-refractivity contribution in [3.05, 3.63) is 29.8 Å². The van der Waals surface area contributed by atoms with Gasteiger partial charge in [0.25, 0.3) is 5.91 Å². The lowest BCUT2D eigenvalue weighted by molar-refractivity contribution is 0.0743.